The number of rotatable bonds is 5. The minimum Gasteiger partial charge on any atom is -0.477 e. The Morgan fingerprint density at radius 3 is 2.83 bits per heavy atom. The number of pyridine rings is 1. The topological polar surface area (TPSA) is 84.8 Å². The van der Waals surface area contributed by atoms with E-state index in [1.54, 1.807) is 0 Å². The molecule has 30 heavy (non-hydrogen) atoms. The van der Waals surface area contributed by atoms with Gasteiger partial charge in [-0.3, -0.25) is 4.79 Å². The average Bonchev–Trinajstić information content (AvgIpc) is 3.09. The molecular weight excluding hydrogens is 400 g/mol. The molecule has 0 fully saturated rings. The van der Waals surface area contributed by atoms with Crippen molar-refractivity contribution in [3.8, 4) is 11.5 Å². The number of para-hydroxylation sites is 1. The van der Waals surface area contributed by atoms with E-state index in [2.05, 4.69) is 25.0 Å². The van der Waals surface area contributed by atoms with E-state index >= 15 is 0 Å². The molecule has 0 amide bonds. The SMILES string of the molecule is C=NS/C=C(\C)c1cccc2c3c(oc12)-c1cc(=O)c(C(=O)O)cn1[C@H](C(C)C)C3. The summed E-state index contributed by atoms with van der Waals surface area (Å²) >= 11 is 1.26. The van der Waals surface area contributed by atoms with Crippen LogP contribution in [0.1, 0.15) is 48.3 Å². The van der Waals surface area contributed by atoms with Gasteiger partial charge in [0.2, 0.25) is 0 Å². The molecule has 4 rings (SSSR count). The maximum Gasteiger partial charge on any atom is 0.341 e. The molecule has 1 aliphatic heterocycles. The number of carboxylic acid groups (broad SMARTS) is 1. The largest absolute Gasteiger partial charge is 0.477 e. The van der Waals surface area contributed by atoms with Gasteiger partial charge in [0.1, 0.15) is 11.1 Å². The van der Waals surface area contributed by atoms with Crippen LogP contribution < -0.4 is 5.43 Å². The zero-order valence-corrected chi connectivity index (χ0v) is 17.8. The highest BCUT2D eigenvalue weighted by molar-refractivity contribution is 8.01. The molecule has 1 atom stereocenters. The normalized spacial score (nSPS) is 15.9. The third-order valence-corrected chi connectivity index (χ3v) is 6.24. The molecule has 3 aromatic rings. The minimum absolute atomic E-state index is 0.0211. The predicted molar refractivity (Wildman–Crippen MR) is 121 cm³/mol. The summed E-state index contributed by atoms with van der Waals surface area (Å²) in [6.45, 7) is 9.67. The molecule has 154 valence electrons. The maximum absolute atomic E-state index is 12.5. The molecule has 1 aromatic carbocycles. The van der Waals surface area contributed by atoms with Gasteiger partial charge >= 0.3 is 5.97 Å². The number of aromatic carboxylic acids is 1. The highest BCUT2D eigenvalue weighted by Crippen LogP contribution is 2.44. The standard InChI is InChI=1S/C23H22N2O4S/c1-12(2)18-8-16-15-7-5-6-14(13(3)11-30-24-4)21(15)29-22(16)19-9-20(26)17(23(27)28)10-25(18)19/h5-7,9-12,18H,4,8H2,1-3H3,(H,27,28)/b13-11+/t18-/m0/s1. The van der Waals surface area contributed by atoms with E-state index in [9.17, 15) is 14.7 Å². The van der Waals surface area contributed by atoms with E-state index in [0.717, 1.165) is 27.7 Å². The van der Waals surface area contributed by atoms with Crippen molar-refractivity contribution in [3.05, 3.63) is 62.8 Å². The van der Waals surface area contributed by atoms with Gasteiger partial charge in [-0.05, 0) is 37.0 Å². The molecule has 6 nitrogen and oxygen atoms in total. The first-order chi connectivity index (χ1) is 14.3. The quantitative estimate of drug-likeness (QED) is 0.438. The summed E-state index contributed by atoms with van der Waals surface area (Å²) in [6.07, 6.45) is 2.16. The van der Waals surface area contributed by atoms with Crippen LogP contribution in [0, 0.1) is 5.92 Å². The van der Waals surface area contributed by atoms with Crippen LogP contribution in [0.2, 0.25) is 0 Å². The Kier molecular flexibility index (Phi) is 5.15. The summed E-state index contributed by atoms with van der Waals surface area (Å²) in [6, 6.07) is 7.43. The molecule has 0 saturated carbocycles. The van der Waals surface area contributed by atoms with Gasteiger partial charge < -0.3 is 14.1 Å². The average molecular weight is 423 g/mol. The highest BCUT2D eigenvalue weighted by atomic mass is 32.2. The Morgan fingerprint density at radius 2 is 2.17 bits per heavy atom. The first-order valence-corrected chi connectivity index (χ1v) is 10.5. The minimum atomic E-state index is -1.22. The zero-order chi connectivity index (χ0) is 21.6. The molecule has 0 bridgehead atoms. The Balaban J connectivity index is 2.01. The van der Waals surface area contributed by atoms with E-state index in [4.69, 9.17) is 4.42 Å². The van der Waals surface area contributed by atoms with Gasteiger partial charge in [-0.25, -0.2) is 9.19 Å². The second-order valence-electron chi connectivity index (χ2n) is 7.79. The molecule has 0 saturated heterocycles. The van der Waals surface area contributed by atoms with Gasteiger partial charge in [0.15, 0.2) is 11.2 Å². The van der Waals surface area contributed by atoms with Crippen LogP contribution in [-0.2, 0) is 6.42 Å². The molecule has 0 aliphatic carbocycles. The van der Waals surface area contributed by atoms with Crippen LogP contribution in [0.4, 0.5) is 0 Å². The molecule has 1 aliphatic rings. The summed E-state index contributed by atoms with van der Waals surface area (Å²) in [5, 5.41) is 12.3. The summed E-state index contributed by atoms with van der Waals surface area (Å²) in [7, 11) is 0. The lowest BCUT2D eigenvalue weighted by molar-refractivity contribution is 0.0694. The fourth-order valence-electron chi connectivity index (χ4n) is 4.10. The first-order valence-electron chi connectivity index (χ1n) is 9.66. The highest BCUT2D eigenvalue weighted by Gasteiger charge is 2.32. The van der Waals surface area contributed by atoms with Gasteiger partial charge in [-0.15, -0.1) is 0 Å². The molecule has 2 aromatic heterocycles. The smallest absolute Gasteiger partial charge is 0.341 e. The number of carbonyl (C=O) groups is 1. The van der Waals surface area contributed by atoms with Crippen molar-refractivity contribution in [2.45, 2.75) is 33.2 Å². The Bertz CT molecular complexity index is 1270. The van der Waals surface area contributed by atoms with Crippen LogP contribution in [0.15, 0.2) is 49.5 Å². The Labute approximate surface area is 178 Å². The number of hydrogen-bond donors (Lipinski definition) is 1. The fraction of sp³-hybridized carbons (Fsp3) is 0.261. The van der Waals surface area contributed by atoms with E-state index in [0.29, 0.717) is 17.9 Å². The van der Waals surface area contributed by atoms with Gasteiger partial charge in [0.25, 0.3) is 0 Å². The first kappa shape index (κ1) is 20.2. The lowest BCUT2D eigenvalue weighted by Crippen LogP contribution is -2.27. The van der Waals surface area contributed by atoms with Gasteiger partial charge in [0, 0.05) is 46.8 Å². The Hall–Kier alpha value is -3.06. The second kappa shape index (κ2) is 7.65. The van der Waals surface area contributed by atoms with Crippen molar-refractivity contribution in [2.75, 3.05) is 0 Å². The number of furan rings is 1. The van der Waals surface area contributed by atoms with Crippen molar-refractivity contribution >= 4 is 41.2 Å². The van der Waals surface area contributed by atoms with Crippen molar-refractivity contribution < 1.29 is 14.3 Å². The summed E-state index contributed by atoms with van der Waals surface area (Å²) < 4.78 is 12.0. The lowest BCUT2D eigenvalue weighted by Gasteiger charge is -2.31. The molecular formula is C23H22N2O4S. The van der Waals surface area contributed by atoms with Gasteiger partial charge in [-0.1, -0.05) is 32.0 Å². The van der Waals surface area contributed by atoms with Gasteiger partial charge in [0.05, 0.1) is 5.69 Å². The predicted octanol–water partition coefficient (Wildman–Crippen LogP) is 5.42. The third kappa shape index (κ3) is 3.19. The van der Waals surface area contributed by atoms with E-state index < -0.39 is 11.4 Å². The fourth-order valence-corrected chi connectivity index (χ4v) is 4.46. The Morgan fingerprint density at radius 1 is 1.40 bits per heavy atom. The molecule has 0 radical (unpaired) electrons. The van der Waals surface area contributed by atoms with Crippen molar-refractivity contribution in [3.63, 3.8) is 0 Å². The number of nitrogens with zero attached hydrogens (tertiary/aromatic N) is 2. The number of benzene rings is 1. The summed E-state index contributed by atoms with van der Waals surface area (Å²) in [5.74, 6) is -0.346. The number of carboxylic acids is 1. The molecule has 0 unspecified atom stereocenters. The second-order valence-corrected chi connectivity index (χ2v) is 8.50. The molecule has 7 heteroatoms. The number of allylic oxidation sites excluding steroid dienone is 1. The van der Waals surface area contributed by atoms with Crippen LogP contribution in [-0.4, -0.2) is 22.4 Å². The number of aromatic nitrogens is 1. The molecule has 1 N–H and O–H groups in total. The maximum atomic E-state index is 12.5. The molecule has 3 heterocycles. The molecule has 0 spiro atoms. The van der Waals surface area contributed by atoms with Crippen LogP contribution in [0.3, 0.4) is 0 Å². The third-order valence-electron chi connectivity index (χ3n) is 5.63. The van der Waals surface area contributed by atoms with Crippen molar-refractivity contribution in [2.24, 2.45) is 10.3 Å². The number of fused-ring (bicyclic) bond motifs is 5. The van der Waals surface area contributed by atoms with E-state index in [-0.39, 0.29) is 17.5 Å². The zero-order valence-electron chi connectivity index (χ0n) is 17.0. The van der Waals surface area contributed by atoms with E-state index in [1.165, 1.54) is 24.2 Å². The summed E-state index contributed by atoms with van der Waals surface area (Å²) in [5.41, 5.74) is 3.64. The lowest BCUT2D eigenvalue weighted by atomic mass is 9.89. The monoisotopic (exact) mass is 422 g/mol. The number of hydrogen-bond acceptors (Lipinski definition) is 5. The van der Waals surface area contributed by atoms with Crippen LogP contribution in [0.25, 0.3) is 28.0 Å². The summed E-state index contributed by atoms with van der Waals surface area (Å²) in [4.78, 5) is 24.0. The van der Waals surface area contributed by atoms with Crippen LogP contribution in [0.5, 0.6) is 0 Å². The van der Waals surface area contributed by atoms with E-state index in [1.807, 2.05) is 35.1 Å². The van der Waals surface area contributed by atoms with Crippen molar-refractivity contribution in [1.82, 2.24) is 4.57 Å². The van der Waals surface area contributed by atoms with Crippen molar-refractivity contribution in [1.29, 1.82) is 0 Å². The van der Waals surface area contributed by atoms with Crippen LogP contribution >= 0.6 is 11.9 Å². The van der Waals surface area contributed by atoms with Gasteiger partial charge in [-0.2, -0.15) is 0 Å².